The van der Waals surface area contributed by atoms with Gasteiger partial charge in [-0.2, -0.15) is 0 Å². The van der Waals surface area contributed by atoms with Crippen LogP contribution in [-0.4, -0.2) is 38.1 Å². The molecule has 0 spiro atoms. The quantitative estimate of drug-likeness (QED) is 0.859. The van der Waals surface area contributed by atoms with Crippen molar-refractivity contribution in [3.05, 3.63) is 35.9 Å². The molecule has 0 atom stereocenters. The van der Waals surface area contributed by atoms with E-state index in [4.69, 9.17) is 0 Å². The van der Waals surface area contributed by atoms with Gasteiger partial charge < -0.3 is 10.2 Å². The summed E-state index contributed by atoms with van der Waals surface area (Å²) in [4.78, 5) is 2.53. The van der Waals surface area contributed by atoms with Gasteiger partial charge in [-0.1, -0.05) is 30.3 Å². The Hall–Kier alpha value is -0.860. The summed E-state index contributed by atoms with van der Waals surface area (Å²) < 4.78 is 0. The highest BCUT2D eigenvalue weighted by Gasteiger charge is 2.24. The molecular formula is C16H26N2. The highest BCUT2D eigenvalue weighted by atomic mass is 15.1. The molecular weight excluding hydrogens is 220 g/mol. The van der Waals surface area contributed by atoms with Gasteiger partial charge in [0.25, 0.3) is 0 Å². The molecule has 1 fully saturated rings. The minimum absolute atomic E-state index is 0.790. The van der Waals surface area contributed by atoms with Crippen molar-refractivity contribution in [1.29, 1.82) is 0 Å². The van der Waals surface area contributed by atoms with Crippen molar-refractivity contribution in [2.45, 2.75) is 37.6 Å². The molecule has 0 bridgehead atoms. The predicted octanol–water partition coefficient (Wildman–Crippen LogP) is 2.86. The first kappa shape index (κ1) is 13.6. The molecule has 1 aliphatic rings. The predicted molar refractivity (Wildman–Crippen MR) is 78.0 cm³/mol. The van der Waals surface area contributed by atoms with E-state index in [1.807, 2.05) is 7.05 Å². The number of hydrogen-bond acceptors (Lipinski definition) is 2. The van der Waals surface area contributed by atoms with Crippen molar-refractivity contribution in [1.82, 2.24) is 10.2 Å². The Morgan fingerprint density at radius 1 is 1.11 bits per heavy atom. The highest BCUT2D eigenvalue weighted by Crippen LogP contribution is 2.34. The molecule has 1 aromatic carbocycles. The summed E-state index contributed by atoms with van der Waals surface area (Å²) in [6.07, 6.45) is 5.39. The monoisotopic (exact) mass is 246 g/mol. The van der Waals surface area contributed by atoms with Gasteiger partial charge in [0.15, 0.2) is 0 Å². The first-order valence-corrected chi connectivity index (χ1v) is 7.21. The molecule has 1 saturated carbocycles. The SMILES string of the molecule is CNCCN(C)C1CCC(c2ccccc2)CC1. The van der Waals surface area contributed by atoms with E-state index in [9.17, 15) is 0 Å². The molecule has 1 aromatic rings. The van der Waals surface area contributed by atoms with Crippen molar-refractivity contribution in [2.24, 2.45) is 0 Å². The minimum atomic E-state index is 0.790. The van der Waals surface area contributed by atoms with Crippen LogP contribution in [0.15, 0.2) is 30.3 Å². The van der Waals surface area contributed by atoms with E-state index in [-0.39, 0.29) is 0 Å². The van der Waals surface area contributed by atoms with Gasteiger partial charge in [-0.3, -0.25) is 0 Å². The molecule has 0 radical (unpaired) electrons. The molecule has 1 N–H and O–H groups in total. The fourth-order valence-corrected chi connectivity index (χ4v) is 3.05. The summed E-state index contributed by atoms with van der Waals surface area (Å²) >= 11 is 0. The lowest BCUT2D eigenvalue weighted by Crippen LogP contribution is -2.38. The van der Waals surface area contributed by atoms with Crippen molar-refractivity contribution in [3.63, 3.8) is 0 Å². The normalized spacial score (nSPS) is 24.4. The van der Waals surface area contributed by atoms with E-state index in [0.717, 1.165) is 25.0 Å². The number of benzene rings is 1. The summed E-state index contributed by atoms with van der Waals surface area (Å²) in [6.45, 7) is 2.26. The number of nitrogens with zero attached hydrogens (tertiary/aromatic N) is 1. The van der Waals surface area contributed by atoms with E-state index >= 15 is 0 Å². The molecule has 2 nitrogen and oxygen atoms in total. The van der Waals surface area contributed by atoms with Crippen LogP contribution in [0.1, 0.15) is 37.2 Å². The van der Waals surface area contributed by atoms with Gasteiger partial charge in [-0.15, -0.1) is 0 Å². The number of rotatable bonds is 5. The Bertz CT molecular complexity index is 328. The van der Waals surface area contributed by atoms with E-state index < -0.39 is 0 Å². The summed E-state index contributed by atoms with van der Waals surface area (Å²) in [7, 11) is 4.30. The van der Waals surface area contributed by atoms with Crippen LogP contribution in [0.2, 0.25) is 0 Å². The van der Waals surface area contributed by atoms with Gasteiger partial charge in [-0.05, 0) is 51.3 Å². The second kappa shape index (κ2) is 6.91. The Morgan fingerprint density at radius 2 is 1.78 bits per heavy atom. The lowest BCUT2D eigenvalue weighted by atomic mass is 9.81. The van der Waals surface area contributed by atoms with Crippen molar-refractivity contribution < 1.29 is 0 Å². The number of hydrogen-bond donors (Lipinski definition) is 1. The maximum absolute atomic E-state index is 3.23. The first-order chi connectivity index (χ1) is 8.81. The van der Waals surface area contributed by atoms with Gasteiger partial charge in [0.05, 0.1) is 0 Å². The highest BCUT2D eigenvalue weighted by molar-refractivity contribution is 5.20. The maximum atomic E-state index is 3.23. The van der Waals surface area contributed by atoms with Gasteiger partial charge >= 0.3 is 0 Å². The first-order valence-electron chi connectivity index (χ1n) is 7.21. The molecule has 100 valence electrons. The third kappa shape index (κ3) is 3.56. The largest absolute Gasteiger partial charge is 0.318 e. The average Bonchev–Trinajstić information content (AvgIpc) is 2.46. The van der Waals surface area contributed by atoms with E-state index in [1.54, 1.807) is 0 Å². The molecule has 2 heteroatoms. The van der Waals surface area contributed by atoms with Gasteiger partial charge in [-0.25, -0.2) is 0 Å². The van der Waals surface area contributed by atoms with Crippen LogP contribution in [0.4, 0.5) is 0 Å². The Balaban J connectivity index is 1.81. The third-order valence-corrected chi connectivity index (χ3v) is 4.31. The number of nitrogens with one attached hydrogen (secondary N) is 1. The molecule has 0 amide bonds. The van der Waals surface area contributed by atoms with Crippen LogP contribution < -0.4 is 5.32 Å². The van der Waals surface area contributed by atoms with E-state index in [1.165, 1.54) is 31.2 Å². The zero-order valence-electron chi connectivity index (χ0n) is 11.7. The minimum Gasteiger partial charge on any atom is -0.318 e. The van der Waals surface area contributed by atoms with Crippen LogP contribution >= 0.6 is 0 Å². The Morgan fingerprint density at radius 3 is 2.39 bits per heavy atom. The fraction of sp³-hybridized carbons (Fsp3) is 0.625. The smallest absolute Gasteiger partial charge is 0.0107 e. The molecule has 0 aromatic heterocycles. The van der Waals surface area contributed by atoms with Crippen LogP contribution in [0.5, 0.6) is 0 Å². The zero-order chi connectivity index (χ0) is 12.8. The van der Waals surface area contributed by atoms with Gasteiger partial charge in [0, 0.05) is 19.1 Å². The van der Waals surface area contributed by atoms with Gasteiger partial charge in [0.2, 0.25) is 0 Å². The van der Waals surface area contributed by atoms with Crippen LogP contribution in [0.3, 0.4) is 0 Å². The topological polar surface area (TPSA) is 15.3 Å². The van der Waals surface area contributed by atoms with Crippen molar-refractivity contribution in [3.8, 4) is 0 Å². The third-order valence-electron chi connectivity index (χ3n) is 4.31. The summed E-state index contributed by atoms with van der Waals surface area (Å²) in [5, 5.41) is 3.23. The lowest BCUT2D eigenvalue weighted by Gasteiger charge is -2.34. The molecule has 0 saturated heterocycles. The Kier molecular flexibility index (Phi) is 5.21. The average molecular weight is 246 g/mol. The molecule has 0 aliphatic heterocycles. The number of likely N-dealkylation sites (N-methyl/N-ethyl adjacent to an activating group) is 2. The van der Waals surface area contributed by atoms with Crippen molar-refractivity contribution >= 4 is 0 Å². The fourth-order valence-electron chi connectivity index (χ4n) is 3.05. The molecule has 18 heavy (non-hydrogen) atoms. The van der Waals surface area contributed by atoms with Gasteiger partial charge in [0.1, 0.15) is 0 Å². The second-order valence-corrected chi connectivity index (χ2v) is 5.50. The van der Waals surface area contributed by atoms with Crippen molar-refractivity contribution in [2.75, 3.05) is 27.2 Å². The summed E-state index contributed by atoms with van der Waals surface area (Å²) in [5.74, 6) is 0.792. The van der Waals surface area contributed by atoms with E-state index in [2.05, 4.69) is 47.6 Å². The van der Waals surface area contributed by atoms with Crippen LogP contribution in [0.25, 0.3) is 0 Å². The second-order valence-electron chi connectivity index (χ2n) is 5.50. The molecule has 1 aliphatic carbocycles. The summed E-state index contributed by atoms with van der Waals surface area (Å²) in [6, 6.07) is 11.8. The molecule has 0 heterocycles. The molecule has 2 rings (SSSR count). The maximum Gasteiger partial charge on any atom is 0.0107 e. The van der Waals surface area contributed by atoms with Crippen LogP contribution in [0, 0.1) is 0 Å². The lowest BCUT2D eigenvalue weighted by molar-refractivity contribution is 0.184. The summed E-state index contributed by atoms with van der Waals surface area (Å²) in [5.41, 5.74) is 1.54. The van der Waals surface area contributed by atoms with E-state index in [0.29, 0.717) is 0 Å². The Labute approximate surface area is 111 Å². The standard InChI is InChI=1S/C16H26N2/c1-17-12-13-18(2)16-10-8-15(9-11-16)14-6-4-3-5-7-14/h3-7,15-17H,8-13H2,1-2H3. The molecule has 0 unspecified atom stereocenters. The van der Waals surface area contributed by atoms with Crippen LogP contribution in [-0.2, 0) is 0 Å². The zero-order valence-corrected chi connectivity index (χ0v) is 11.7.